The summed E-state index contributed by atoms with van der Waals surface area (Å²) >= 11 is 9.07. The average Bonchev–Trinajstić information content (AvgIpc) is 3.39. The lowest BCUT2D eigenvalue weighted by molar-refractivity contribution is 0.0603. The fraction of sp³-hybridized carbons (Fsp3) is 0.167. The van der Waals surface area contributed by atoms with Gasteiger partial charge >= 0.3 is 5.97 Å². The quantitative estimate of drug-likeness (QED) is 0.302. The average molecular weight is 486 g/mol. The molecule has 0 atom stereocenters. The Morgan fingerprint density at radius 3 is 2.50 bits per heavy atom. The van der Waals surface area contributed by atoms with Crippen molar-refractivity contribution >= 4 is 61.2 Å². The van der Waals surface area contributed by atoms with Crippen molar-refractivity contribution in [3.63, 3.8) is 0 Å². The molecule has 2 aromatic heterocycles. The van der Waals surface area contributed by atoms with Crippen molar-refractivity contribution < 1.29 is 19.1 Å². The fourth-order valence-corrected chi connectivity index (χ4v) is 5.70. The van der Waals surface area contributed by atoms with Crippen molar-refractivity contribution in [2.24, 2.45) is 0 Å². The van der Waals surface area contributed by atoms with Crippen LogP contribution in [0, 0.1) is 0 Å². The Kier molecular flexibility index (Phi) is 6.50. The number of carbonyl (C=O) groups excluding carboxylic acids is 2. The first-order valence-electron chi connectivity index (χ1n) is 9.83. The van der Waals surface area contributed by atoms with Crippen LogP contribution in [0.25, 0.3) is 21.2 Å². The summed E-state index contributed by atoms with van der Waals surface area (Å²) in [5, 5.41) is 6.23. The third kappa shape index (κ3) is 4.11. The number of esters is 1. The minimum Gasteiger partial charge on any atom is -0.497 e. The van der Waals surface area contributed by atoms with Gasteiger partial charge in [-0.1, -0.05) is 42.8 Å². The summed E-state index contributed by atoms with van der Waals surface area (Å²) < 4.78 is 11.1. The molecule has 4 rings (SSSR count). The first-order valence-corrected chi connectivity index (χ1v) is 11.9. The van der Waals surface area contributed by atoms with E-state index in [-0.39, 0.29) is 5.91 Å². The molecule has 4 aromatic rings. The molecule has 2 aromatic carbocycles. The Morgan fingerprint density at radius 2 is 1.84 bits per heavy atom. The number of benzene rings is 2. The Labute approximate surface area is 198 Å². The lowest BCUT2D eigenvalue weighted by Gasteiger charge is -2.08. The van der Waals surface area contributed by atoms with Crippen molar-refractivity contribution in [1.29, 1.82) is 0 Å². The molecule has 1 amide bonds. The molecule has 1 N–H and O–H groups in total. The van der Waals surface area contributed by atoms with E-state index in [4.69, 9.17) is 21.1 Å². The van der Waals surface area contributed by atoms with Crippen LogP contribution in [0.2, 0.25) is 5.02 Å². The number of hydrogen-bond acceptors (Lipinski definition) is 6. The standard InChI is InChI=1S/C24H20ClNO4S2/c1-4-13-5-7-14(8-6-13)17-12-31-23(19(17)24(28)30-3)26-22(27)21-20(25)16-11-15(29-2)9-10-18(16)32-21/h5-12H,4H2,1-3H3,(H,26,27). The van der Waals surface area contributed by atoms with Gasteiger partial charge in [-0.3, -0.25) is 4.79 Å². The summed E-state index contributed by atoms with van der Waals surface area (Å²) in [6, 6.07) is 13.5. The van der Waals surface area contributed by atoms with E-state index >= 15 is 0 Å². The molecule has 8 heteroatoms. The van der Waals surface area contributed by atoms with E-state index < -0.39 is 5.97 Å². The van der Waals surface area contributed by atoms with E-state index in [2.05, 4.69) is 12.2 Å². The zero-order valence-electron chi connectivity index (χ0n) is 17.7. The van der Waals surface area contributed by atoms with Gasteiger partial charge in [0, 0.05) is 21.0 Å². The summed E-state index contributed by atoms with van der Waals surface area (Å²) in [4.78, 5) is 26.1. The molecule has 0 radical (unpaired) electrons. The number of thiophene rings is 2. The summed E-state index contributed by atoms with van der Waals surface area (Å²) in [5.74, 6) is -0.229. The second-order valence-electron chi connectivity index (χ2n) is 6.96. The van der Waals surface area contributed by atoms with Crippen LogP contribution in [-0.4, -0.2) is 26.1 Å². The fourth-order valence-electron chi connectivity index (χ4n) is 3.37. The number of carbonyl (C=O) groups is 2. The first-order chi connectivity index (χ1) is 15.5. The van der Waals surface area contributed by atoms with Crippen LogP contribution in [0.3, 0.4) is 0 Å². The van der Waals surface area contributed by atoms with Gasteiger partial charge in [0.1, 0.15) is 21.2 Å². The Hall–Kier alpha value is -2.87. The summed E-state index contributed by atoms with van der Waals surface area (Å²) in [6.45, 7) is 2.09. The lowest BCUT2D eigenvalue weighted by atomic mass is 10.0. The van der Waals surface area contributed by atoms with Crippen LogP contribution < -0.4 is 10.1 Å². The number of rotatable bonds is 6. The second-order valence-corrected chi connectivity index (χ2v) is 9.27. The molecule has 0 fully saturated rings. The SMILES string of the molecule is CCc1ccc(-c2csc(NC(=O)c3sc4ccc(OC)cc4c3Cl)c2C(=O)OC)cc1. The molecule has 32 heavy (non-hydrogen) atoms. The Morgan fingerprint density at radius 1 is 1.09 bits per heavy atom. The molecule has 5 nitrogen and oxygen atoms in total. The first kappa shape index (κ1) is 22.3. The number of fused-ring (bicyclic) bond motifs is 1. The predicted molar refractivity (Wildman–Crippen MR) is 132 cm³/mol. The van der Waals surface area contributed by atoms with Crippen LogP contribution in [0.5, 0.6) is 5.75 Å². The maximum atomic E-state index is 13.1. The zero-order chi connectivity index (χ0) is 22.8. The number of halogens is 1. The van der Waals surface area contributed by atoms with Gasteiger partial charge in [0.15, 0.2) is 0 Å². The highest BCUT2D eigenvalue weighted by atomic mass is 35.5. The molecule has 0 spiro atoms. The van der Waals surface area contributed by atoms with Crippen molar-refractivity contribution in [1.82, 2.24) is 0 Å². The molecule has 0 unspecified atom stereocenters. The third-order valence-electron chi connectivity index (χ3n) is 5.12. The highest BCUT2D eigenvalue weighted by molar-refractivity contribution is 7.22. The predicted octanol–water partition coefficient (Wildman–Crippen LogP) is 6.89. The number of anilines is 1. The largest absolute Gasteiger partial charge is 0.497 e. The van der Waals surface area contributed by atoms with Crippen molar-refractivity contribution in [2.45, 2.75) is 13.3 Å². The normalized spacial score (nSPS) is 10.9. The zero-order valence-corrected chi connectivity index (χ0v) is 20.0. The molecule has 0 bridgehead atoms. The molecule has 2 heterocycles. The van der Waals surface area contributed by atoms with Crippen molar-refractivity contribution in [2.75, 3.05) is 19.5 Å². The van der Waals surface area contributed by atoms with E-state index in [1.54, 1.807) is 13.2 Å². The molecular weight excluding hydrogens is 466 g/mol. The van der Waals surface area contributed by atoms with Crippen LogP contribution >= 0.6 is 34.3 Å². The maximum Gasteiger partial charge on any atom is 0.341 e. The highest BCUT2D eigenvalue weighted by Crippen LogP contribution is 2.40. The lowest BCUT2D eigenvalue weighted by Crippen LogP contribution is -2.13. The van der Waals surface area contributed by atoms with E-state index in [0.29, 0.717) is 31.8 Å². The van der Waals surface area contributed by atoms with E-state index in [1.807, 2.05) is 41.8 Å². The molecule has 164 valence electrons. The van der Waals surface area contributed by atoms with Gasteiger partial charge in [0.05, 0.1) is 19.2 Å². The number of hydrogen-bond donors (Lipinski definition) is 1. The number of methoxy groups -OCH3 is 2. The van der Waals surface area contributed by atoms with Crippen LogP contribution in [-0.2, 0) is 11.2 Å². The van der Waals surface area contributed by atoms with E-state index in [9.17, 15) is 9.59 Å². The Bertz CT molecular complexity index is 1310. The molecule has 0 aliphatic carbocycles. The molecule has 0 aliphatic heterocycles. The van der Waals surface area contributed by atoms with Crippen molar-refractivity contribution in [3.05, 3.63) is 68.9 Å². The number of ether oxygens (including phenoxy) is 2. The van der Waals surface area contributed by atoms with Gasteiger partial charge in [-0.25, -0.2) is 4.79 Å². The highest BCUT2D eigenvalue weighted by Gasteiger charge is 2.25. The van der Waals surface area contributed by atoms with Crippen LogP contribution in [0.15, 0.2) is 47.8 Å². The monoisotopic (exact) mass is 485 g/mol. The molecular formula is C24H20ClNO4S2. The summed E-state index contributed by atoms with van der Waals surface area (Å²) in [7, 11) is 2.90. The van der Waals surface area contributed by atoms with Gasteiger partial charge < -0.3 is 14.8 Å². The van der Waals surface area contributed by atoms with Gasteiger partial charge in [-0.2, -0.15) is 0 Å². The maximum absolute atomic E-state index is 13.1. The van der Waals surface area contributed by atoms with Gasteiger partial charge in [-0.15, -0.1) is 22.7 Å². The van der Waals surface area contributed by atoms with Crippen LogP contribution in [0.1, 0.15) is 32.5 Å². The van der Waals surface area contributed by atoms with Gasteiger partial charge in [0.2, 0.25) is 0 Å². The van der Waals surface area contributed by atoms with Gasteiger partial charge in [0.25, 0.3) is 5.91 Å². The number of aryl methyl sites for hydroxylation is 1. The topological polar surface area (TPSA) is 64.6 Å². The van der Waals surface area contributed by atoms with Gasteiger partial charge in [-0.05, 0) is 35.7 Å². The molecule has 0 saturated carbocycles. The van der Waals surface area contributed by atoms with E-state index in [0.717, 1.165) is 22.1 Å². The summed E-state index contributed by atoms with van der Waals surface area (Å²) in [6.07, 6.45) is 0.927. The smallest absolute Gasteiger partial charge is 0.341 e. The summed E-state index contributed by atoms with van der Waals surface area (Å²) in [5.41, 5.74) is 3.13. The molecule has 0 aliphatic rings. The third-order valence-corrected chi connectivity index (χ3v) is 7.69. The number of nitrogens with one attached hydrogen (secondary N) is 1. The van der Waals surface area contributed by atoms with Crippen LogP contribution in [0.4, 0.5) is 5.00 Å². The van der Waals surface area contributed by atoms with Crippen molar-refractivity contribution in [3.8, 4) is 16.9 Å². The molecule has 0 saturated heterocycles. The minimum atomic E-state index is -0.511. The number of amides is 1. The minimum absolute atomic E-state index is 0.328. The van der Waals surface area contributed by atoms with E-state index in [1.165, 1.54) is 35.3 Å². The Balaban J connectivity index is 1.70. The second kappa shape index (κ2) is 9.32.